The quantitative estimate of drug-likeness (QED) is 0.783. The minimum atomic E-state index is 0.506. The van der Waals surface area contributed by atoms with Gasteiger partial charge in [-0.2, -0.15) is 0 Å². The Morgan fingerprint density at radius 3 is 2.84 bits per heavy atom. The lowest BCUT2D eigenvalue weighted by molar-refractivity contribution is 0.204. The van der Waals surface area contributed by atoms with Crippen molar-refractivity contribution in [3.05, 3.63) is 11.6 Å². The highest BCUT2D eigenvalue weighted by Crippen LogP contribution is 2.33. The van der Waals surface area contributed by atoms with Gasteiger partial charge in [-0.3, -0.25) is 4.99 Å². The molecule has 0 bridgehead atoms. The van der Waals surface area contributed by atoms with Gasteiger partial charge in [-0.1, -0.05) is 18.6 Å². The molecule has 0 aromatic rings. The molecule has 0 aromatic heterocycles. The standard InChI is InChI=1S/C15H28N4/c1-11-7-12(2)9-13(8-11)14-10-17-15(16)19(14)6-5-18(3)4/h7,11,13-14H,5-6,8-10H2,1-4H3,(H2,16,17). The summed E-state index contributed by atoms with van der Waals surface area (Å²) in [6, 6.07) is 0.506. The zero-order valence-electron chi connectivity index (χ0n) is 12.8. The predicted octanol–water partition coefficient (Wildman–Crippen LogP) is 1.54. The Morgan fingerprint density at radius 1 is 1.47 bits per heavy atom. The van der Waals surface area contributed by atoms with Crippen molar-refractivity contribution in [1.29, 1.82) is 0 Å². The first-order valence-corrected chi connectivity index (χ1v) is 7.36. The number of nitrogens with zero attached hydrogens (tertiary/aromatic N) is 3. The molecule has 1 aliphatic carbocycles. The van der Waals surface area contributed by atoms with Gasteiger partial charge in [0.2, 0.25) is 0 Å². The Bertz CT molecular complexity index is 372. The number of guanidine groups is 1. The van der Waals surface area contributed by atoms with Crippen molar-refractivity contribution in [3.63, 3.8) is 0 Å². The number of allylic oxidation sites excluding steroid dienone is 2. The molecule has 2 N–H and O–H groups in total. The second kappa shape index (κ2) is 5.95. The summed E-state index contributed by atoms with van der Waals surface area (Å²) < 4.78 is 0. The largest absolute Gasteiger partial charge is 0.370 e. The van der Waals surface area contributed by atoms with Crippen LogP contribution in [0, 0.1) is 11.8 Å². The fourth-order valence-electron chi connectivity index (χ4n) is 3.43. The molecule has 19 heavy (non-hydrogen) atoms. The molecule has 4 heteroatoms. The number of rotatable bonds is 4. The lowest BCUT2D eigenvalue weighted by atomic mass is 9.79. The fraction of sp³-hybridized carbons (Fsp3) is 0.800. The number of aliphatic imine (C=N–C) groups is 1. The van der Waals surface area contributed by atoms with Gasteiger partial charge in [0.25, 0.3) is 0 Å². The van der Waals surface area contributed by atoms with Gasteiger partial charge in [0.15, 0.2) is 5.96 Å². The molecular weight excluding hydrogens is 236 g/mol. The highest BCUT2D eigenvalue weighted by molar-refractivity contribution is 5.80. The molecule has 2 aliphatic rings. The number of hydrogen-bond acceptors (Lipinski definition) is 4. The molecule has 0 fully saturated rings. The lowest BCUT2D eigenvalue weighted by Gasteiger charge is -2.36. The summed E-state index contributed by atoms with van der Waals surface area (Å²) in [7, 11) is 4.21. The first kappa shape index (κ1) is 14.4. The summed E-state index contributed by atoms with van der Waals surface area (Å²) in [6.07, 6.45) is 4.89. The van der Waals surface area contributed by atoms with Crippen molar-refractivity contribution in [1.82, 2.24) is 9.80 Å². The molecule has 108 valence electrons. The van der Waals surface area contributed by atoms with Crippen LogP contribution in [0.1, 0.15) is 26.7 Å². The van der Waals surface area contributed by atoms with E-state index in [4.69, 9.17) is 5.73 Å². The van der Waals surface area contributed by atoms with Crippen molar-refractivity contribution in [2.45, 2.75) is 32.7 Å². The Hall–Kier alpha value is -1.03. The van der Waals surface area contributed by atoms with Crippen molar-refractivity contribution in [2.75, 3.05) is 33.7 Å². The molecule has 1 heterocycles. The third-order valence-corrected chi connectivity index (χ3v) is 4.29. The zero-order chi connectivity index (χ0) is 14.0. The van der Waals surface area contributed by atoms with Crippen LogP contribution in [0.5, 0.6) is 0 Å². The van der Waals surface area contributed by atoms with Crippen molar-refractivity contribution in [3.8, 4) is 0 Å². The van der Waals surface area contributed by atoms with E-state index in [2.05, 4.69) is 48.8 Å². The van der Waals surface area contributed by atoms with Crippen LogP contribution in [0.4, 0.5) is 0 Å². The molecule has 0 aromatic carbocycles. The molecule has 0 spiro atoms. The van der Waals surface area contributed by atoms with Gasteiger partial charge in [-0.15, -0.1) is 0 Å². The minimum Gasteiger partial charge on any atom is -0.370 e. The van der Waals surface area contributed by atoms with Crippen LogP contribution in [-0.2, 0) is 0 Å². The van der Waals surface area contributed by atoms with E-state index in [0.717, 1.165) is 25.6 Å². The van der Waals surface area contributed by atoms with Gasteiger partial charge in [0.05, 0.1) is 12.6 Å². The summed E-state index contributed by atoms with van der Waals surface area (Å²) in [5.74, 6) is 2.13. The van der Waals surface area contributed by atoms with E-state index in [1.54, 1.807) is 0 Å². The molecule has 1 aliphatic heterocycles. The Balaban J connectivity index is 2.01. The zero-order valence-corrected chi connectivity index (χ0v) is 12.8. The maximum atomic E-state index is 6.07. The van der Waals surface area contributed by atoms with Crippen LogP contribution in [0.2, 0.25) is 0 Å². The monoisotopic (exact) mass is 264 g/mol. The van der Waals surface area contributed by atoms with Crippen LogP contribution >= 0.6 is 0 Å². The number of hydrogen-bond donors (Lipinski definition) is 1. The van der Waals surface area contributed by atoms with Crippen LogP contribution in [0.25, 0.3) is 0 Å². The highest BCUT2D eigenvalue weighted by atomic mass is 15.3. The SMILES string of the molecule is CC1=CC(C)CC(C2CN=C(N)N2CCN(C)C)C1. The van der Waals surface area contributed by atoms with Crippen LogP contribution < -0.4 is 5.73 Å². The maximum absolute atomic E-state index is 6.07. The molecule has 0 radical (unpaired) electrons. The Labute approximate surface area is 117 Å². The van der Waals surface area contributed by atoms with Crippen molar-refractivity contribution >= 4 is 5.96 Å². The van der Waals surface area contributed by atoms with E-state index >= 15 is 0 Å². The second-order valence-electron chi connectivity index (χ2n) is 6.45. The van der Waals surface area contributed by atoms with Crippen molar-refractivity contribution in [2.24, 2.45) is 22.6 Å². The fourth-order valence-corrected chi connectivity index (χ4v) is 3.43. The highest BCUT2D eigenvalue weighted by Gasteiger charge is 2.34. The summed E-state index contributed by atoms with van der Waals surface area (Å²) in [4.78, 5) is 9.02. The van der Waals surface area contributed by atoms with Crippen LogP contribution in [0.3, 0.4) is 0 Å². The van der Waals surface area contributed by atoms with E-state index in [-0.39, 0.29) is 0 Å². The summed E-state index contributed by atoms with van der Waals surface area (Å²) in [5.41, 5.74) is 7.60. The van der Waals surface area contributed by atoms with Gasteiger partial charge in [0.1, 0.15) is 0 Å². The molecule has 3 atom stereocenters. The molecule has 2 rings (SSSR count). The third-order valence-electron chi connectivity index (χ3n) is 4.29. The van der Waals surface area contributed by atoms with E-state index in [9.17, 15) is 0 Å². The van der Waals surface area contributed by atoms with Gasteiger partial charge in [-0.05, 0) is 45.7 Å². The second-order valence-corrected chi connectivity index (χ2v) is 6.45. The summed E-state index contributed by atoms with van der Waals surface area (Å²) >= 11 is 0. The van der Waals surface area contributed by atoms with Gasteiger partial charge in [-0.25, -0.2) is 0 Å². The molecule has 3 unspecified atom stereocenters. The van der Waals surface area contributed by atoms with E-state index < -0.39 is 0 Å². The molecule has 0 saturated heterocycles. The smallest absolute Gasteiger partial charge is 0.191 e. The average Bonchev–Trinajstić information content (AvgIpc) is 2.66. The first-order valence-electron chi connectivity index (χ1n) is 7.36. The van der Waals surface area contributed by atoms with E-state index in [0.29, 0.717) is 17.9 Å². The molecule has 0 saturated carbocycles. The average molecular weight is 264 g/mol. The van der Waals surface area contributed by atoms with Gasteiger partial charge < -0.3 is 15.5 Å². The number of likely N-dealkylation sites (N-methyl/N-ethyl adjacent to an activating group) is 1. The number of nitrogens with two attached hydrogens (primary N) is 1. The van der Waals surface area contributed by atoms with Crippen LogP contribution in [-0.4, -0.2) is 55.5 Å². The van der Waals surface area contributed by atoms with Crippen molar-refractivity contribution < 1.29 is 0 Å². The summed E-state index contributed by atoms with van der Waals surface area (Å²) in [5, 5.41) is 0. The molecule has 4 nitrogen and oxygen atoms in total. The Kier molecular flexibility index (Phi) is 4.50. The normalized spacial score (nSPS) is 31.6. The minimum absolute atomic E-state index is 0.506. The van der Waals surface area contributed by atoms with Gasteiger partial charge >= 0.3 is 0 Å². The Morgan fingerprint density at radius 2 is 2.21 bits per heavy atom. The topological polar surface area (TPSA) is 44.9 Å². The third kappa shape index (κ3) is 3.50. The lowest BCUT2D eigenvalue weighted by Crippen LogP contribution is -2.48. The van der Waals surface area contributed by atoms with E-state index in [1.165, 1.54) is 18.4 Å². The molecule has 0 amide bonds. The maximum Gasteiger partial charge on any atom is 0.191 e. The molecular formula is C15H28N4. The predicted molar refractivity (Wildman–Crippen MR) is 81.2 cm³/mol. The van der Waals surface area contributed by atoms with E-state index in [1.807, 2.05) is 0 Å². The first-order chi connectivity index (χ1) is 8.97. The van der Waals surface area contributed by atoms with Crippen LogP contribution in [0.15, 0.2) is 16.6 Å². The van der Waals surface area contributed by atoms with Gasteiger partial charge in [0, 0.05) is 13.1 Å². The summed E-state index contributed by atoms with van der Waals surface area (Å²) in [6.45, 7) is 7.47.